The van der Waals surface area contributed by atoms with Crippen LogP contribution in [0.25, 0.3) is 0 Å². The van der Waals surface area contributed by atoms with Crippen molar-refractivity contribution in [3.8, 4) is 0 Å². The van der Waals surface area contributed by atoms with Gasteiger partial charge in [-0.1, -0.05) is 124 Å². The summed E-state index contributed by atoms with van der Waals surface area (Å²) in [6, 6.07) is 0. The molecule has 0 N–H and O–H groups in total. The third kappa shape index (κ3) is 44.0. The minimum absolute atomic E-state index is 0.139. The number of hydrogen-bond acceptors (Lipinski definition) is 15. The van der Waals surface area contributed by atoms with E-state index in [-0.39, 0.29) is 70.0 Å². The SMILES string of the molecule is CCCCCCOC(=O)CCCCCCCC(=O)OCC(COC(=O)CCCCCCCC(=O)OCCCCC)(COC(=O)CCCCCCCC(=O)OCCCCC)COC(=O)CCCN(C)C. The van der Waals surface area contributed by atoms with Gasteiger partial charge in [0.25, 0.3) is 0 Å². The molecule has 0 saturated carbocycles. The quantitative estimate of drug-likeness (QED) is 0.0318. The van der Waals surface area contributed by atoms with E-state index in [4.69, 9.17) is 33.2 Å². The normalized spacial score (nSPS) is 11.3. The molecule has 0 unspecified atom stereocenters. The lowest BCUT2D eigenvalue weighted by Crippen LogP contribution is -2.44. The molecule has 0 fully saturated rings. The van der Waals surface area contributed by atoms with Crippen LogP contribution in [0.15, 0.2) is 0 Å². The summed E-state index contributed by atoms with van der Waals surface area (Å²) in [6.45, 7) is 7.19. The molecule has 402 valence electrons. The fraction of sp³-hybridized carbons (Fsp3) is 0.870. The summed E-state index contributed by atoms with van der Waals surface area (Å²) in [7, 11) is 3.82. The minimum atomic E-state index is -1.35. The molecule has 15 nitrogen and oxygen atoms in total. The van der Waals surface area contributed by atoms with E-state index >= 15 is 0 Å². The first-order valence-corrected chi connectivity index (χ1v) is 27.1. The molecule has 0 aromatic rings. The number of carbonyl (C=O) groups excluding carboxylic acids is 7. The molecule has 0 saturated heterocycles. The van der Waals surface area contributed by atoms with E-state index in [1.165, 1.54) is 0 Å². The third-order valence-corrected chi connectivity index (χ3v) is 11.7. The second-order valence-corrected chi connectivity index (χ2v) is 19.0. The van der Waals surface area contributed by atoms with E-state index in [0.717, 1.165) is 141 Å². The highest BCUT2D eigenvalue weighted by Gasteiger charge is 2.38. The summed E-state index contributed by atoms with van der Waals surface area (Å²) in [4.78, 5) is 90.1. The Balaban J connectivity index is 5.41. The van der Waals surface area contributed by atoms with Crippen LogP contribution in [0.4, 0.5) is 0 Å². The Kier molecular flexibility index (Phi) is 44.1. The Bertz CT molecular complexity index is 1280. The van der Waals surface area contributed by atoms with Gasteiger partial charge in [-0.25, -0.2) is 0 Å². The van der Waals surface area contributed by atoms with Crippen LogP contribution in [0, 0.1) is 5.41 Å². The zero-order valence-corrected chi connectivity index (χ0v) is 44.2. The van der Waals surface area contributed by atoms with E-state index in [1.807, 2.05) is 19.0 Å². The van der Waals surface area contributed by atoms with E-state index in [2.05, 4.69) is 20.8 Å². The predicted octanol–water partition coefficient (Wildman–Crippen LogP) is 11.3. The van der Waals surface area contributed by atoms with Crippen LogP contribution in [0.5, 0.6) is 0 Å². The summed E-state index contributed by atoms with van der Waals surface area (Å²) in [5, 5.41) is 0. The fourth-order valence-electron chi connectivity index (χ4n) is 7.23. The van der Waals surface area contributed by atoms with Crippen molar-refractivity contribution in [2.45, 2.75) is 233 Å². The number of hydrogen-bond donors (Lipinski definition) is 0. The lowest BCUT2D eigenvalue weighted by molar-refractivity contribution is -0.171. The van der Waals surface area contributed by atoms with Crippen LogP contribution in [0.1, 0.15) is 233 Å². The van der Waals surface area contributed by atoms with Crippen molar-refractivity contribution in [3.05, 3.63) is 0 Å². The van der Waals surface area contributed by atoms with Gasteiger partial charge in [0.2, 0.25) is 0 Å². The van der Waals surface area contributed by atoms with Crippen molar-refractivity contribution in [1.82, 2.24) is 4.90 Å². The van der Waals surface area contributed by atoms with Crippen LogP contribution in [-0.2, 0) is 66.7 Å². The van der Waals surface area contributed by atoms with Crippen molar-refractivity contribution in [2.24, 2.45) is 5.41 Å². The van der Waals surface area contributed by atoms with Crippen LogP contribution < -0.4 is 0 Å². The van der Waals surface area contributed by atoms with Crippen molar-refractivity contribution in [1.29, 1.82) is 0 Å². The molecular weight excluding hydrogens is 887 g/mol. The molecule has 0 radical (unpaired) electrons. The van der Waals surface area contributed by atoms with Crippen molar-refractivity contribution in [2.75, 3.05) is 66.9 Å². The van der Waals surface area contributed by atoms with Gasteiger partial charge >= 0.3 is 41.8 Å². The largest absolute Gasteiger partial charge is 0.466 e. The first kappa shape index (κ1) is 65.2. The Labute approximate surface area is 417 Å². The highest BCUT2D eigenvalue weighted by atomic mass is 16.6. The topological polar surface area (TPSA) is 187 Å². The second-order valence-electron chi connectivity index (χ2n) is 19.0. The Morgan fingerprint density at radius 1 is 0.290 bits per heavy atom. The zero-order valence-electron chi connectivity index (χ0n) is 44.2. The van der Waals surface area contributed by atoms with E-state index in [1.54, 1.807) is 0 Å². The van der Waals surface area contributed by atoms with Crippen LogP contribution >= 0.6 is 0 Å². The molecule has 0 atom stereocenters. The summed E-state index contributed by atoms with van der Waals surface area (Å²) < 4.78 is 38.9. The monoisotopic (exact) mass is 984 g/mol. The van der Waals surface area contributed by atoms with Gasteiger partial charge in [0.05, 0.1) is 19.8 Å². The number of carbonyl (C=O) groups is 7. The summed E-state index contributed by atoms with van der Waals surface area (Å²) in [5.41, 5.74) is -1.35. The molecule has 15 heteroatoms. The van der Waals surface area contributed by atoms with Gasteiger partial charge in [-0.2, -0.15) is 0 Å². The third-order valence-electron chi connectivity index (χ3n) is 11.7. The smallest absolute Gasteiger partial charge is 0.305 e. The lowest BCUT2D eigenvalue weighted by Gasteiger charge is -2.31. The Hall–Kier alpha value is -3.75. The Morgan fingerprint density at radius 3 is 0.783 bits per heavy atom. The second kappa shape index (κ2) is 46.6. The van der Waals surface area contributed by atoms with Crippen LogP contribution in [0.3, 0.4) is 0 Å². The van der Waals surface area contributed by atoms with Crippen LogP contribution in [0.2, 0.25) is 0 Å². The van der Waals surface area contributed by atoms with Crippen molar-refractivity contribution in [3.63, 3.8) is 0 Å². The van der Waals surface area contributed by atoms with Gasteiger partial charge in [0.1, 0.15) is 31.8 Å². The lowest BCUT2D eigenvalue weighted by atomic mass is 9.92. The molecule has 0 aliphatic heterocycles. The molecule has 0 spiro atoms. The molecule has 0 aromatic carbocycles. The fourth-order valence-corrected chi connectivity index (χ4v) is 7.23. The molecule has 0 aromatic heterocycles. The first-order chi connectivity index (χ1) is 33.4. The molecule has 0 rings (SSSR count). The Morgan fingerprint density at radius 2 is 0.507 bits per heavy atom. The number of unbranched alkanes of at least 4 members (excludes halogenated alkanes) is 19. The van der Waals surface area contributed by atoms with Gasteiger partial charge in [-0.15, -0.1) is 0 Å². The standard InChI is InChI=1S/C54H97NO14/c1-6-9-12-30-42-65-49(58)34-24-18-15-21-27-37-52(61)68-45-54(46-69-53(62)38-31-39-55(4)5,43-66-50(59)35-25-19-13-16-22-32-47(56)63-40-28-10-7-2)44-67-51(60)36-26-20-14-17-23-33-48(57)64-41-29-11-8-3/h6-46H2,1-5H3. The summed E-state index contributed by atoms with van der Waals surface area (Å²) in [5.74, 6) is -2.43. The molecular formula is C54H97NO14. The van der Waals surface area contributed by atoms with Crippen LogP contribution in [-0.4, -0.2) is 114 Å². The maximum atomic E-state index is 13.1. The van der Waals surface area contributed by atoms with E-state index < -0.39 is 29.3 Å². The maximum Gasteiger partial charge on any atom is 0.305 e. The van der Waals surface area contributed by atoms with Gasteiger partial charge < -0.3 is 38.1 Å². The number of esters is 7. The number of ether oxygens (including phenoxy) is 7. The number of nitrogens with zero attached hydrogens (tertiary/aromatic N) is 1. The number of rotatable bonds is 49. The molecule has 0 aliphatic rings. The van der Waals surface area contributed by atoms with E-state index in [0.29, 0.717) is 71.3 Å². The molecule has 0 aliphatic carbocycles. The molecule has 0 amide bonds. The van der Waals surface area contributed by atoms with Gasteiger partial charge in [-0.05, 0) is 84.8 Å². The average molecular weight is 984 g/mol. The average Bonchev–Trinajstić information content (AvgIpc) is 3.32. The van der Waals surface area contributed by atoms with Gasteiger partial charge in [0.15, 0.2) is 0 Å². The minimum Gasteiger partial charge on any atom is -0.466 e. The predicted molar refractivity (Wildman–Crippen MR) is 267 cm³/mol. The first-order valence-electron chi connectivity index (χ1n) is 27.1. The summed E-state index contributed by atoms with van der Waals surface area (Å²) >= 11 is 0. The molecule has 69 heavy (non-hydrogen) atoms. The highest BCUT2D eigenvalue weighted by Crippen LogP contribution is 2.24. The molecule has 0 heterocycles. The van der Waals surface area contributed by atoms with Crippen molar-refractivity contribution >= 4 is 41.8 Å². The maximum absolute atomic E-state index is 13.1. The summed E-state index contributed by atoms with van der Waals surface area (Å²) in [6.07, 6.45) is 23.7. The van der Waals surface area contributed by atoms with Crippen molar-refractivity contribution < 1.29 is 66.7 Å². The zero-order chi connectivity index (χ0) is 51.1. The highest BCUT2D eigenvalue weighted by molar-refractivity contribution is 5.72. The van der Waals surface area contributed by atoms with Gasteiger partial charge in [-0.3, -0.25) is 33.6 Å². The molecule has 0 bridgehead atoms. The van der Waals surface area contributed by atoms with Gasteiger partial charge in [0, 0.05) is 44.9 Å². The van der Waals surface area contributed by atoms with E-state index in [9.17, 15) is 33.6 Å².